The Morgan fingerprint density at radius 3 is 1.40 bits per heavy atom. The first kappa shape index (κ1) is 48.5. The maximum absolute atomic E-state index is 12.5. The van der Waals surface area contributed by atoms with Crippen LogP contribution in [0.3, 0.4) is 0 Å². The zero-order valence-corrected chi connectivity index (χ0v) is 32.4. The van der Waals surface area contributed by atoms with Gasteiger partial charge in [-0.2, -0.15) is 6.42 Å². The summed E-state index contributed by atoms with van der Waals surface area (Å²) in [5.41, 5.74) is 5.31. The van der Waals surface area contributed by atoms with Crippen LogP contribution in [0.15, 0.2) is 0 Å². The Labute approximate surface area is 304 Å². The number of hydrogen-bond donors (Lipinski definition) is 3. The minimum absolute atomic E-state index is 0.162. The van der Waals surface area contributed by atoms with Crippen LogP contribution in [0.4, 0.5) is 0 Å². The van der Waals surface area contributed by atoms with Gasteiger partial charge < -0.3 is 32.1 Å². The number of carbonyl (C=O) groups excluding carboxylic acids is 2. The Bertz CT molecular complexity index is 875. The van der Waals surface area contributed by atoms with E-state index in [4.69, 9.17) is 24.8 Å². The summed E-state index contributed by atoms with van der Waals surface area (Å²) in [6.07, 6.45) is 29.7. The first-order chi connectivity index (χ1) is 24.1. The molecule has 1 unspecified atom stereocenters. The maximum atomic E-state index is 12.5. The molecule has 0 aliphatic carbocycles. The van der Waals surface area contributed by atoms with Crippen molar-refractivity contribution in [2.75, 3.05) is 19.8 Å². The van der Waals surface area contributed by atoms with E-state index in [1.165, 1.54) is 109 Å². The molecule has 0 fully saturated rings. The van der Waals surface area contributed by atoms with Gasteiger partial charge in [-0.3, -0.25) is 23.4 Å². The Morgan fingerprint density at radius 1 is 0.600 bits per heavy atom. The third kappa shape index (κ3) is 33.6. The standard InChI is InChI=1S/C38H73NO10P/c1-3-5-7-9-11-13-15-16-17-18-20-21-23-25-27-29-36(40)46-31-34(32-47-50(44,45)48-33-35(39)38(42)43)49-37(41)30-28-26-24-22-19-14-12-10-8-6-4-2/h34-35H,2-33,39H2,1H3,(H,42,43)(H,44,45)/q-1/t34-,35+/m1/s1. The van der Waals surface area contributed by atoms with Crippen molar-refractivity contribution in [3.8, 4) is 0 Å². The predicted molar refractivity (Wildman–Crippen MR) is 198 cm³/mol. The molecule has 0 saturated carbocycles. The van der Waals surface area contributed by atoms with Crippen molar-refractivity contribution in [2.24, 2.45) is 5.73 Å². The Balaban J connectivity index is 4.35. The Hall–Kier alpha value is -1.52. The van der Waals surface area contributed by atoms with Crippen LogP contribution in [0, 0.1) is 6.92 Å². The van der Waals surface area contributed by atoms with Crippen LogP contribution in [0.25, 0.3) is 0 Å². The van der Waals surface area contributed by atoms with Crippen LogP contribution in [-0.4, -0.2) is 59.9 Å². The third-order valence-electron chi connectivity index (χ3n) is 8.75. The molecule has 0 spiro atoms. The number of phosphoric ester groups is 1. The van der Waals surface area contributed by atoms with Gasteiger partial charge in [0, 0.05) is 12.8 Å². The number of esters is 2. The zero-order chi connectivity index (χ0) is 37.1. The largest absolute Gasteiger partial charge is 0.480 e. The summed E-state index contributed by atoms with van der Waals surface area (Å²) in [5, 5.41) is 8.86. The van der Waals surface area contributed by atoms with Gasteiger partial charge in [-0.15, -0.1) is 0 Å². The maximum Gasteiger partial charge on any atom is 0.472 e. The summed E-state index contributed by atoms with van der Waals surface area (Å²) in [5.74, 6) is -2.37. The van der Waals surface area contributed by atoms with Crippen LogP contribution < -0.4 is 5.73 Å². The number of carboxylic acids is 1. The van der Waals surface area contributed by atoms with Gasteiger partial charge in [0.15, 0.2) is 6.10 Å². The molecule has 0 rings (SSSR count). The molecule has 0 heterocycles. The molecule has 0 saturated heterocycles. The van der Waals surface area contributed by atoms with Gasteiger partial charge in [-0.05, 0) is 12.8 Å². The topological polar surface area (TPSA) is 172 Å². The van der Waals surface area contributed by atoms with Gasteiger partial charge in [0.1, 0.15) is 12.6 Å². The molecule has 0 aliphatic heterocycles. The molecule has 0 aromatic carbocycles. The summed E-state index contributed by atoms with van der Waals surface area (Å²) in [6.45, 7) is 4.44. The van der Waals surface area contributed by atoms with Crippen LogP contribution in [-0.2, 0) is 37.5 Å². The van der Waals surface area contributed by atoms with Gasteiger partial charge in [0.25, 0.3) is 0 Å². The van der Waals surface area contributed by atoms with Crippen molar-refractivity contribution in [1.82, 2.24) is 0 Å². The number of unbranched alkanes of at least 4 members (excludes halogenated alkanes) is 24. The fourth-order valence-electron chi connectivity index (χ4n) is 5.58. The van der Waals surface area contributed by atoms with E-state index in [0.717, 1.165) is 44.9 Å². The van der Waals surface area contributed by atoms with Gasteiger partial charge in [0.2, 0.25) is 0 Å². The van der Waals surface area contributed by atoms with Crippen molar-refractivity contribution < 1.29 is 47.5 Å². The van der Waals surface area contributed by atoms with Crippen LogP contribution in [0.2, 0.25) is 0 Å². The minimum Gasteiger partial charge on any atom is -0.480 e. The molecule has 50 heavy (non-hydrogen) atoms. The van der Waals surface area contributed by atoms with E-state index < -0.39 is 51.1 Å². The normalized spacial score (nSPS) is 13.8. The van der Waals surface area contributed by atoms with Crippen molar-refractivity contribution in [2.45, 2.75) is 199 Å². The highest BCUT2D eigenvalue weighted by molar-refractivity contribution is 7.47. The second-order valence-corrected chi connectivity index (χ2v) is 15.1. The van der Waals surface area contributed by atoms with Crippen molar-refractivity contribution in [3.63, 3.8) is 0 Å². The van der Waals surface area contributed by atoms with Gasteiger partial charge in [-0.25, -0.2) is 4.57 Å². The third-order valence-corrected chi connectivity index (χ3v) is 9.70. The Kier molecular flexibility index (Phi) is 33.5. The molecule has 296 valence electrons. The number of ether oxygens (including phenoxy) is 2. The van der Waals surface area contributed by atoms with E-state index in [-0.39, 0.29) is 19.4 Å². The van der Waals surface area contributed by atoms with Crippen molar-refractivity contribution in [3.05, 3.63) is 6.92 Å². The summed E-state index contributed by atoms with van der Waals surface area (Å²) in [4.78, 5) is 45.7. The molecule has 0 bridgehead atoms. The number of carboxylic acid groups (broad SMARTS) is 1. The second-order valence-electron chi connectivity index (χ2n) is 13.6. The molecule has 12 heteroatoms. The molecule has 0 radical (unpaired) electrons. The number of hydrogen-bond acceptors (Lipinski definition) is 9. The lowest BCUT2D eigenvalue weighted by atomic mass is 10.0. The average molecular weight is 735 g/mol. The summed E-state index contributed by atoms with van der Waals surface area (Å²) >= 11 is 0. The molecule has 0 aromatic rings. The van der Waals surface area contributed by atoms with E-state index in [0.29, 0.717) is 12.8 Å². The first-order valence-electron chi connectivity index (χ1n) is 19.9. The summed E-state index contributed by atoms with van der Waals surface area (Å²) in [6, 6.07) is -1.52. The predicted octanol–water partition coefficient (Wildman–Crippen LogP) is 9.76. The number of nitrogens with two attached hydrogens (primary N) is 1. The number of aliphatic carboxylic acids is 1. The highest BCUT2D eigenvalue weighted by atomic mass is 31.2. The van der Waals surface area contributed by atoms with Gasteiger partial charge >= 0.3 is 25.7 Å². The summed E-state index contributed by atoms with van der Waals surface area (Å²) in [7, 11) is -4.70. The molecular formula is C38H73NO10P-. The minimum atomic E-state index is -4.70. The number of carbonyl (C=O) groups is 3. The molecule has 4 N–H and O–H groups in total. The van der Waals surface area contributed by atoms with Crippen LogP contribution >= 0.6 is 7.82 Å². The lowest BCUT2D eigenvalue weighted by Crippen LogP contribution is -2.34. The zero-order valence-electron chi connectivity index (χ0n) is 31.5. The van der Waals surface area contributed by atoms with E-state index in [1.807, 2.05) is 0 Å². The highest BCUT2D eigenvalue weighted by Gasteiger charge is 2.28. The number of phosphoric acid groups is 1. The quantitative estimate of drug-likeness (QED) is 0.0239. The Morgan fingerprint density at radius 2 is 0.980 bits per heavy atom. The van der Waals surface area contributed by atoms with Gasteiger partial charge in [0.05, 0.1) is 13.2 Å². The van der Waals surface area contributed by atoms with Crippen molar-refractivity contribution in [1.29, 1.82) is 0 Å². The second kappa shape index (κ2) is 34.6. The van der Waals surface area contributed by atoms with E-state index >= 15 is 0 Å². The van der Waals surface area contributed by atoms with Crippen LogP contribution in [0.1, 0.15) is 187 Å². The SMILES string of the molecule is [CH2-]CCCCCCCCCCCCC(=O)O[C@H](COC(=O)CCCCCCCCCCCCCCCCC)COP(=O)(O)OC[C@H](N)C(=O)O. The first-order valence-corrected chi connectivity index (χ1v) is 21.4. The van der Waals surface area contributed by atoms with E-state index in [9.17, 15) is 23.8 Å². The molecule has 11 nitrogen and oxygen atoms in total. The van der Waals surface area contributed by atoms with Crippen molar-refractivity contribution >= 4 is 25.7 Å². The lowest BCUT2D eigenvalue weighted by Gasteiger charge is -2.20. The monoisotopic (exact) mass is 734 g/mol. The van der Waals surface area contributed by atoms with Gasteiger partial charge in [-0.1, -0.05) is 155 Å². The summed E-state index contributed by atoms with van der Waals surface area (Å²) < 4.78 is 32.6. The molecule has 3 atom stereocenters. The highest BCUT2D eigenvalue weighted by Crippen LogP contribution is 2.43. The van der Waals surface area contributed by atoms with E-state index in [1.54, 1.807) is 0 Å². The smallest absolute Gasteiger partial charge is 0.472 e. The molecule has 0 aromatic heterocycles. The fourth-order valence-corrected chi connectivity index (χ4v) is 6.36. The lowest BCUT2D eigenvalue weighted by molar-refractivity contribution is -0.161. The molecule has 0 amide bonds. The molecular weight excluding hydrogens is 661 g/mol. The molecule has 0 aliphatic rings. The van der Waals surface area contributed by atoms with E-state index in [2.05, 4.69) is 18.4 Å². The number of rotatable bonds is 38. The average Bonchev–Trinajstić information content (AvgIpc) is 3.09. The fraction of sp³-hybridized carbons (Fsp3) is 0.895. The van der Waals surface area contributed by atoms with Crippen LogP contribution in [0.5, 0.6) is 0 Å².